The van der Waals surface area contributed by atoms with Crippen molar-refractivity contribution in [2.24, 2.45) is 10.7 Å². The quantitative estimate of drug-likeness (QED) is 0.381. The maximum absolute atomic E-state index is 14.6. The first kappa shape index (κ1) is 23.9. The molecule has 0 saturated carbocycles. The summed E-state index contributed by atoms with van der Waals surface area (Å²) in [4.78, 5) is 24.0. The van der Waals surface area contributed by atoms with Crippen LogP contribution in [-0.4, -0.2) is 47.3 Å². The molecule has 3 rings (SSSR count). The van der Waals surface area contributed by atoms with Crippen molar-refractivity contribution in [2.75, 3.05) is 13.3 Å². The average molecular weight is 468 g/mol. The van der Waals surface area contributed by atoms with E-state index in [0.717, 1.165) is 18.3 Å². The van der Waals surface area contributed by atoms with Gasteiger partial charge in [0.2, 0.25) is 5.88 Å². The van der Waals surface area contributed by atoms with E-state index in [2.05, 4.69) is 25.6 Å². The van der Waals surface area contributed by atoms with Crippen molar-refractivity contribution in [3.05, 3.63) is 53.2 Å². The van der Waals surface area contributed by atoms with E-state index in [-0.39, 0.29) is 30.2 Å². The number of alkyl halides is 4. The summed E-state index contributed by atoms with van der Waals surface area (Å²) in [5.74, 6) is 0.819. The minimum atomic E-state index is -4.88. The number of hydrogen-bond acceptors (Lipinski definition) is 7. The van der Waals surface area contributed by atoms with Gasteiger partial charge in [0.25, 0.3) is 6.02 Å². The first-order chi connectivity index (χ1) is 15.6. The number of rotatable bonds is 7. The molecule has 12 heteroatoms. The Bertz CT molecular complexity index is 1100. The van der Waals surface area contributed by atoms with Crippen LogP contribution in [0.15, 0.2) is 35.6 Å². The molecule has 1 aliphatic rings. The van der Waals surface area contributed by atoms with E-state index < -0.39 is 54.1 Å². The van der Waals surface area contributed by atoms with Crippen molar-refractivity contribution in [3.8, 4) is 18.2 Å². The number of nitrogens with two attached hydrogens (primary N) is 1. The van der Waals surface area contributed by atoms with E-state index in [1.165, 1.54) is 12.3 Å². The van der Waals surface area contributed by atoms with Crippen molar-refractivity contribution >= 4 is 11.8 Å². The van der Waals surface area contributed by atoms with Crippen LogP contribution in [0.3, 0.4) is 0 Å². The van der Waals surface area contributed by atoms with Crippen LogP contribution in [0, 0.1) is 18.2 Å². The standard InChI is InChI=1S/C21H17F5N4O3/c1-2-5-32-18-10-28-15(9-29-18)16(31)7-12-3-4-14(23)13(6-12)20(11-22)8-17(21(24,25)26)33-19(27)30-20/h1,3-4,6,9-10,17H,5,7-8,11H2,(H2,27,30)/t17-,20+/m0/s1. The van der Waals surface area contributed by atoms with Crippen molar-refractivity contribution in [3.63, 3.8) is 0 Å². The summed E-state index contributed by atoms with van der Waals surface area (Å²) in [5, 5.41) is 0. The van der Waals surface area contributed by atoms with Gasteiger partial charge in [-0.3, -0.25) is 4.79 Å². The van der Waals surface area contributed by atoms with Crippen molar-refractivity contribution in [1.29, 1.82) is 0 Å². The van der Waals surface area contributed by atoms with E-state index in [9.17, 15) is 26.7 Å². The van der Waals surface area contributed by atoms with Crippen molar-refractivity contribution < 1.29 is 36.2 Å². The normalized spacial score (nSPS) is 20.4. The maximum atomic E-state index is 14.6. The summed E-state index contributed by atoms with van der Waals surface area (Å²) in [6, 6.07) is 2.33. The molecule has 2 aromatic rings. The van der Waals surface area contributed by atoms with Crippen LogP contribution in [0.4, 0.5) is 22.0 Å². The molecule has 1 aromatic carbocycles. The molecule has 0 bridgehead atoms. The largest absolute Gasteiger partial charge is 0.463 e. The van der Waals surface area contributed by atoms with Gasteiger partial charge in [-0.25, -0.2) is 23.7 Å². The van der Waals surface area contributed by atoms with Gasteiger partial charge in [0.15, 0.2) is 18.5 Å². The molecule has 0 spiro atoms. The van der Waals surface area contributed by atoms with E-state index in [0.29, 0.717) is 0 Å². The molecule has 0 amide bonds. The fourth-order valence-corrected chi connectivity index (χ4v) is 3.25. The highest BCUT2D eigenvalue weighted by molar-refractivity contribution is 5.95. The second-order valence-electron chi connectivity index (χ2n) is 7.11. The van der Waals surface area contributed by atoms with Crippen molar-refractivity contribution in [2.45, 2.75) is 30.7 Å². The van der Waals surface area contributed by atoms with Crippen LogP contribution >= 0.6 is 0 Å². The lowest BCUT2D eigenvalue weighted by atomic mass is 9.83. The number of nitrogens with zero attached hydrogens (tertiary/aromatic N) is 3. The molecule has 2 heterocycles. The van der Waals surface area contributed by atoms with Crippen LogP contribution in [0.25, 0.3) is 0 Å². The van der Waals surface area contributed by atoms with Crippen LogP contribution in [0.5, 0.6) is 5.88 Å². The molecule has 1 aromatic heterocycles. The number of Topliss-reactive ketones (excluding diaryl/α,β-unsaturated/α-hetero) is 1. The number of hydrogen-bond donors (Lipinski definition) is 1. The van der Waals surface area contributed by atoms with Crippen LogP contribution in [0.2, 0.25) is 0 Å². The predicted molar refractivity (Wildman–Crippen MR) is 106 cm³/mol. The molecule has 7 nitrogen and oxygen atoms in total. The monoisotopic (exact) mass is 468 g/mol. The number of ketones is 1. The molecule has 174 valence electrons. The van der Waals surface area contributed by atoms with Gasteiger partial charge >= 0.3 is 6.18 Å². The zero-order chi connectivity index (χ0) is 24.2. The third-order valence-corrected chi connectivity index (χ3v) is 4.81. The number of halogens is 5. The zero-order valence-electron chi connectivity index (χ0n) is 16.9. The Morgan fingerprint density at radius 3 is 2.70 bits per heavy atom. The number of aromatic nitrogens is 2. The SMILES string of the molecule is C#CCOc1cnc(C(=O)Cc2ccc(F)c([C@]3(CF)C[C@@H](C(F)(F)F)OC(N)=N3)c2)cn1. The lowest BCUT2D eigenvalue weighted by molar-refractivity contribution is -0.209. The first-order valence-corrected chi connectivity index (χ1v) is 9.43. The number of amidine groups is 1. The lowest BCUT2D eigenvalue weighted by Gasteiger charge is -2.36. The minimum Gasteiger partial charge on any atom is -0.463 e. The molecular weight excluding hydrogens is 451 g/mol. The molecular formula is C21H17F5N4O3. The van der Waals surface area contributed by atoms with E-state index in [1.54, 1.807) is 0 Å². The van der Waals surface area contributed by atoms with Gasteiger partial charge in [-0.2, -0.15) is 13.2 Å². The second kappa shape index (κ2) is 9.40. The summed E-state index contributed by atoms with van der Waals surface area (Å²) in [7, 11) is 0. The number of aliphatic imine (C=N–C) groups is 1. The molecule has 0 radical (unpaired) electrons. The van der Waals surface area contributed by atoms with Gasteiger partial charge in [0.05, 0.1) is 12.4 Å². The second-order valence-corrected chi connectivity index (χ2v) is 7.11. The van der Waals surface area contributed by atoms with Gasteiger partial charge in [0.1, 0.15) is 23.7 Å². The van der Waals surface area contributed by atoms with Crippen LogP contribution in [-0.2, 0) is 16.7 Å². The minimum absolute atomic E-state index is 0.0378. The van der Waals surface area contributed by atoms with Gasteiger partial charge < -0.3 is 15.2 Å². The van der Waals surface area contributed by atoms with Gasteiger partial charge in [-0.1, -0.05) is 12.0 Å². The van der Waals surface area contributed by atoms with Gasteiger partial charge in [-0.15, -0.1) is 6.42 Å². The lowest BCUT2D eigenvalue weighted by Crippen LogP contribution is -2.48. The number of terminal acetylenes is 1. The van der Waals surface area contributed by atoms with Gasteiger partial charge in [0, 0.05) is 18.4 Å². The number of carbonyl (C=O) groups is 1. The number of carbonyl (C=O) groups excluding carboxylic acids is 1. The molecule has 0 fully saturated rings. The molecule has 33 heavy (non-hydrogen) atoms. The summed E-state index contributed by atoms with van der Waals surface area (Å²) >= 11 is 0. The van der Waals surface area contributed by atoms with E-state index >= 15 is 0 Å². The average Bonchev–Trinajstić information content (AvgIpc) is 2.78. The Hall–Kier alpha value is -3.75. The maximum Gasteiger partial charge on any atom is 0.425 e. The third-order valence-electron chi connectivity index (χ3n) is 4.81. The molecule has 0 aliphatic carbocycles. The molecule has 0 saturated heterocycles. The third kappa shape index (κ3) is 5.36. The zero-order valence-corrected chi connectivity index (χ0v) is 16.9. The summed E-state index contributed by atoms with van der Waals surface area (Å²) < 4.78 is 77.9. The fourth-order valence-electron chi connectivity index (χ4n) is 3.25. The summed E-state index contributed by atoms with van der Waals surface area (Å²) in [6.45, 7) is -1.51. The number of benzene rings is 1. The van der Waals surface area contributed by atoms with Crippen LogP contribution < -0.4 is 10.5 Å². The summed E-state index contributed by atoms with van der Waals surface area (Å²) in [6.07, 6.45) is -1.27. The molecule has 1 aliphatic heterocycles. The Morgan fingerprint density at radius 2 is 2.09 bits per heavy atom. The topological polar surface area (TPSA) is 99.7 Å². The molecule has 2 N–H and O–H groups in total. The van der Waals surface area contributed by atoms with Crippen molar-refractivity contribution in [1.82, 2.24) is 9.97 Å². The molecule has 0 unspecified atom stereocenters. The molecule has 2 atom stereocenters. The first-order valence-electron chi connectivity index (χ1n) is 9.43. The highest BCUT2D eigenvalue weighted by Crippen LogP contribution is 2.41. The summed E-state index contributed by atoms with van der Waals surface area (Å²) in [5.41, 5.74) is 2.77. The Labute approximate surface area is 184 Å². The highest BCUT2D eigenvalue weighted by atomic mass is 19.4. The van der Waals surface area contributed by atoms with Crippen LogP contribution in [0.1, 0.15) is 28.0 Å². The Balaban J connectivity index is 1.88. The van der Waals surface area contributed by atoms with Gasteiger partial charge in [-0.05, 0) is 17.7 Å². The Morgan fingerprint density at radius 1 is 1.33 bits per heavy atom. The number of ether oxygens (including phenoxy) is 2. The smallest absolute Gasteiger partial charge is 0.425 e. The highest BCUT2D eigenvalue weighted by Gasteiger charge is 2.52. The van der Waals surface area contributed by atoms with E-state index in [4.69, 9.17) is 16.9 Å². The van der Waals surface area contributed by atoms with E-state index in [1.807, 2.05) is 0 Å². The Kier molecular flexibility index (Phi) is 6.81. The fraction of sp³-hybridized carbons (Fsp3) is 0.333. The predicted octanol–water partition coefficient (Wildman–Crippen LogP) is 2.88.